The number of rotatable bonds is 1. The van der Waals surface area contributed by atoms with Gasteiger partial charge in [0.2, 0.25) is 0 Å². The molecule has 0 atom stereocenters. The van der Waals surface area contributed by atoms with E-state index in [1.807, 2.05) is 13.8 Å². The Kier molecular flexibility index (Phi) is 10.5. The van der Waals surface area contributed by atoms with Gasteiger partial charge in [0, 0.05) is 18.2 Å². The largest absolute Gasteiger partial charge is 0.466 e. The minimum absolute atomic E-state index is 0.394. The molecule has 1 aliphatic rings. The zero-order chi connectivity index (χ0) is 13.8. The number of hydrogen-bond donors (Lipinski definition) is 0. The molecule has 0 saturated carbocycles. The number of hydrogen-bond acceptors (Lipinski definition) is 5. The molecule has 0 amide bonds. The van der Waals surface area contributed by atoms with Crippen LogP contribution in [0.5, 0.6) is 0 Å². The Morgan fingerprint density at radius 2 is 1.65 bits per heavy atom. The van der Waals surface area contributed by atoms with Crippen molar-refractivity contribution in [2.45, 2.75) is 13.8 Å². The number of carbonyl (C=O) groups is 3. The summed E-state index contributed by atoms with van der Waals surface area (Å²) in [5, 5.41) is 0. The molecule has 0 aromatic carbocycles. The topological polar surface area (TPSA) is 69.7 Å². The molecule has 0 radical (unpaired) electrons. The fraction of sp³-hybridized carbons (Fsp3) is 0.250. The standard InChI is InChI=1S/C4H2O3.C4H6O2.C4H8/c5-3-1-2-4(6)7-3;1-3-4(5)6-2;1-4(2)3/h1-2H;3H,1H2,2H3;1H2,2-3H3. The summed E-state index contributed by atoms with van der Waals surface area (Å²) in [4.78, 5) is 29.7. The second-order valence-corrected chi connectivity index (χ2v) is 3.01. The highest BCUT2D eigenvalue weighted by atomic mass is 16.6. The fourth-order valence-corrected chi connectivity index (χ4v) is 0.387. The van der Waals surface area contributed by atoms with Crippen molar-refractivity contribution >= 4 is 17.9 Å². The number of methoxy groups -OCH3 is 1. The van der Waals surface area contributed by atoms with E-state index in [0.717, 1.165) is 18.2 Å². The van der Waals surface area contributed by atoms with Gasteiger partial charge in [-0.2, -0.15) is 0 Å². The molecule has 0 N–H and O–H groups in total. The Morgan fingerprint density at radius 1 is 1.29 bits per heavy atom. The van der Waals surface area contributed by atoms with E-state index in [9.17, 15) is 14.4 Å². The fourth-order valence-electron chi connectivity index (χ4n) is 0.387. The number of cyclic esters (lactones) is 2. The van der Waals surface area contributed by atoms with Crippen molar-refractivity contribution in [3.63, 3.8) is 0 Å². The van der Waals surface area contributed by atoms with Crippen LogP contribution in [0.3, 0.4) is 0 Å². The zero-order valence-electron chi connectivity index (χ0n) is 10.2. The lowest BCUT2D eigenvalue weighted by Gasteiger charge is -1.83. The van der Waals surface area contributed by atoms with Gasteiger partial charge in [-0.3, -0.25) is 0 Å². The molecule has 1 heterocycles. The van der Waals surface area contributed by atoms with Crippen LogP contribution in [0.15, 0.2) is 37.0 Å². The van der Waals surface area contributed by atoms with Crippen LogP contribution < -0.4 is 0 Å². The monoisotopic (exact) mass is 240 g/mol. The summed E-state index contributed by atoms with van der Waals surface area (Å²) in [5.74, 6) is -1.55. The van der Waals surface area contributed by atoms with Gasteiger partial charge in [0.1, 0.15) is 0 Å². The van der Waals surface area contributed by atoms with Crippen molar-refractivity contribution in [3.05, 3.63) is 37.0 Å². The van der Waals surface area contributed by atoms with E-state index in [1.54, 1.807) is 0 Å². The average molecular weight is 240 g/mol. The summed E-state index contributed by atoms with van der Waals surface area (Å²) < 4.78 is 8.11. The van der Waals surface area contributed by atoms with E-state index in [4.69, 9.17) is 0 Å². The van der Waals surface area contributed by atoms with Crippen LogP contribution in [0.2, 0.25) is 0 Å². The van der Waals surface area contributed by atoms with Crippen molar-refractivity contribution < 1.29 is 23.9 Å². The summed E-state index contributed by atoms with van der Waals surface area (Å²) in [6.07, 6.45) is 3.28. The summed E-state index contributed by atoms with van der Waals surface area (Å²) in [7, 11) is 1.31. The normalized spacial score (nSPS) is 11.2. The Morgan fingerprint density at radius 3 is 1.71 bits per heavy atom. The van der Waals surface area contributed by atoms with Crippen molar-refractivity contribution in [2.24, 2.45) is 0 Å². The summed E-state index contributed by atoms with van der Waals surface area (Å²) >= 11 is 0. The lowest BCUT2D eigenvalue weighted by Crippen LogP contribution is -1.96. The summed E-state index contributed by atoms with van der Waals surface area (Å²) in [6, 6.07) is 0. The van der Waals surface area contributed by atoms with Crippen LogP contribution in [-0.2, 0) is 23.9 Å². The highest BCUT2D eigenvalue weighted by Crippen LogP contribution is 1.92. The van der Waals surface area contributed by atoms with Gasteiger partial charge < -0.3 is 9.47 Å². The van der Waals surface area contributed by atoms with Crippen molar-refractivity contribution in [1.29, 1.82) is 0 Å². The van der Waals surface area contributed by atoms with Crippen LogP contribution in [0.25, 0.3) is 0 Å². The first kappa shape index (κ1) is 17.2. The van der Waals surface area contributed by atoms with Crippen molar-refractivity contribution in [2.75, 3.05) is 7.11 Å². The quantitative estimate of drug-likeness (QED) is 0.301. The third-order valence-electron chi connectivity index (χ3n) is 0.925. The molecule has 0 aromatic heterocycles. The Labute approximate surface area is 100 Å². The second-order valence-electron chi connectivity index (χ2n) is 3.01. The van der Waals surface area contributed by atoms with Gasteiger partial charge in [-0.15, -0.1) is 6.58 Å². The predicted molar refractivity (Wildman–Crippen MR) is 62.9 cm³/mol. The molecular formula is C12H16O5. The number of allylic oxidation sites excluding steroid dienone is 1. The number of esters is 3. The van der Waals surface area contributed by atoms with Gasteiger partial charge in [0.05, 0.1) is 7.11 Å². The SMILES string of the molecule is C=C(C)C.C=CC(=O)OC.O=C1C=CC(=O)O1. The minimum atomic E-state index is -0.579. The molecule has 17 heavy (non-hydrogen) atoms. The molecule has 0 aromatic rings. The lowest BCUT2D eigenvalue weighted by atomic mass is 10.4. The second kappa shape index (κ2) is 10.4. The van der Waals surface area contributed by atoms with E-state index in [-0.39, 0.29) is 0 Å². The number of ether oxygens (including phenoxy) is 2. The maximum absolute atomic E-state index is 9.92. The first-order valence-corrected chi connectivity index (χ1v) is 4.59. The number of carbonyl (C=O) groups excluding carboxylic acids is 3. The highest BCUT2D eigenvalue weighted by Gasteiger charge is 2.10. The van der Waals surface area contributed by atoms with Crippen molar-refractivity contribution in [3.8, 4) is 0 Å². The van der Waals surface area contributed by atoms with Crippen LogP contribution in [0, 0.1) is 0 Å². The molecule has 0 bridgehead atoms. The summed E-state index contributed by atoms with van der Waals surface area (Å²) in [5.41, 5.74) is 1.17. The van der Waals surface area contributed by atoms with Crippen LogP contribution in [-0.4, -0.2) is 25.0 Å². The first-order chi connectivity index (χ1) is 7.83. The Hall–Kier alpha value is -2.17. The zero-order valence-corrected chi connectivity index (χ0v) is 10.2. The van der Waals surface area contributed by atoms with Crippen LogP contribution in [0.4, 0.5) is 0 Å². The van der Waals surface area contributed by atoms with Gasteiger partial charge in [-0.05, 0) is 13.8 Å². The Bertz CT molecular complexity index is 319. The summed E-state index contributed by atoms with van der Waals surface area (Å²) in [6.45, 7) is 10.7. The molecule has 94 valence electrons. The predicted octanol–water partition coefficient (Wildman–Crippen LogP) is 1.55. The van der Waals surface area contributed by atoms with E-state index in [2.05, 4.69) is 22.6 Å². The van der Waals surface area contributed by atoms with Gasteiger partial charge in [-0.25, -0.2) is 14.4 Å². The third kappa shape index (κ3) is 16.5. The van der Waals surface area contributed by atoms with Crippen molar-refractivity contribution in [1.82, 2.24) is 0 Å². The highest BCUT2D eigenvalue weighted by molar-refractivity contribution is 6.04. The minimum Gasteiger partial charge on any atom is -0.466 e. The van der Waals surface area contributed by atoms with Crippen LogP contribution in [0.1, 0.15) is 13.8 Å². The third-order valence-corrected chi connectivity index (χ3v) is 0.925. The first-order valence-electron chi connectivity index (χ1n) is 4.59. The van der Waals surface area contributed by atoms with Gasteiger partial charge in [0.25, 0.3) is 0 Å². The average Bonchev–Trinajstić information content (AvgIpc) is 2.61. The Balaban J connectivity index is 0. The lowest BCUT2D eigenvalue weighted by molar-refractivity contribution is -0.150. The molecule has 5 nitrogen and oxygen atoms in total. The van der Waals surface area contributed by atoms with E-state index >= 15 is 0 Å². The molecule has 1 aliphatic heterocycles. The van der Waals surface area contributed by atoms with E-state index in [0.29, 0.717) is 0 Å². The van der Waals surface area contributed by atoms with E-state index < -0.39 is 17.9 Å². The van der Waals surface area contributed by atoms with Gasteiger partial charge >= 0.3 is 17.9 Å². The molecule has 0 saturated heterocycles. The molecule has 0 aliphatic carbocycles. The van der Waals surface area contributed by atoms with Crippen LogP contribution >= 0.6 is 0 Å². The molecule has 0 unspecified atom stereocenters. The molecule has 0 spiro atoms. The molecular weight excluding hydrogens is 224 g/mol. The van der Waals surface area contributed by atoms with Gasteiger partial charge in [0.15, 0.2) is 0 Å². The maximum Gasteiger partial charge on any atom is 0.338 e. The molecule has 5 heteroatoms. The van der Waals surface area contributed by atoms with E-state index in [1.165, 1.54) is 12.7 Å². The smallest absolute Gasteiger partial charge is 0.338 e. The maximum atomic E-state index is 9.92. The molecule has 0 fully saturated rings. The molecule has 1 rings (SSSR count). The van der Waals surface area contributed by atoms with Gasteiger partial charge in [-0.1, -0.05) is 12.2 Å².